The molecule has 2 rings (SSSR count). The number of H-pyrrole nitrogens is 1. The average Bonchev–Trinajstić information content (AvgIpc) is 3.24. The third-order valence-electron chi connectivity index (χ3n) is 2.72. The van der Waals surface area contributed by atoms with E-state index in [9.17, 15) is 4.79 Å². The van der Waals surface area contributed by atoms with Crippen molar-refractivity contribution in [2.24, 2.45) is 0 Å². The van der Waals surface area contributed by atoms with Crippen molar-refractivity contribution < 1.29 is 45.3 Å². The van der Waals surface area contributed by atoms with Gasteiger partial charge in [-0.2, -0.15) is 0 Å². The molecule has 0 saturated carbocycles. The molecule has 147 valence electrons. The molecule has 0 amide bonds. The number of nitrogens with zero attached hydrogens (tertiary/aromatic N) is 2. The minimum Gasteiger partial charge on any atom is -0.585 e. The first-order valence-electron chi connectivity index (χ1n) is 7.09. The Hall–Kier alpha value is -1.92. The Morgan fingerprint density at radius 3 is 2.12 bits per heavy atom. The Labute approximate surface area is 164 Å². The summed E-state index contributed by atoms with van der Waals surface area (Å²) in [5.41, 5.74) is 0.859. The molecule has 1 radical (unpaired) electrons. The number of carbonyl (C=O) groups is 1. The number of hydrogen-bond donors (Lipinski definition) is 7. The Balaban J connectivity index is 0. The summed E-state index contributed by atoms with van der Waals surface area (Å²) < 4.78 is 0. The van der Waals surface area contributed by atoms with Gasteiger partial charge >= 0.3 is 5.97 Å². The van der Waals surface area contributed by atoms with E-state index in [1.807, 2.05) is 6.07 Å². The van der Waals surface area contributed by atoms with Crippen molar-refractivity contribution in [3.05, 3.63) is 49.0 Å². The summed E-state index contributed by atoms with van der Waals surface area (Å²) in [5.74, 6) is 6.09. The van der Waals surface area contributed by atoms with Crippen LogP contribution in [0.1, 0.15) is 0 Å². The second kappa shape index (κ2) is 16.5. The first-order valence-corrected chi connectivity index (χ1v) is 7.09. The van der Waals surface area contributed by atoms with Gasteiger partial charge in [-0.05, 0) is 12.1 Å². The van der Waals surface area contributed by atoms with Gasteiger partial charge < -0.3 is 36.7 Å². The van der Waals surface area contributed by atoms with Crippen molar-refractivity contribution in [3.8, 4) is 0 Å². The Morgan fingerprint density at radius 1 is 1.19 bits per heavy atom. The molecule has 0 aliphatic carbocycles. The summed E-state index contributed by atoms with van der Waals surface area (Å²) in [5, 5.41) is 36.7. The second-order valence-corrected chi connectivity index (χ2v) is 4.60. The van der Waals surface area contributed by atoms with E-state index in [-0.39, 0.29) is 20.1 Å². The van der Waals surface area contributed by atoms with Crippen LogP contribution >= 0.6 is 0 Å². The molecule has 8 N–H and O–H groups in total. The van der Waals surface area contributed by atoms with E-state index in [4.69, 9.17) is 26.3 Å². The Morgan fingerprint density at radius 2 is 1.85 bits per heavy atom. The number of nitrogens with one attached hydrogen (secondary N) is 4. The van der Waals surface area contributed by atoms with E-state index >= 15 is 0 Å². The summed E-state index contributed by atoms with van der Waals surface area (Å²) >= 11 is 0. The molecule has 0 spiro atoms. The fourth-order valence-corrected chi connectivity index (χ4v) is 1.23. The van der Waals surface area contributed by atoms with E-state index in [1.54, 1.807) is 37.1 Å². The number of hydrogen-bond acceptors (Lipinski definition) is 8. The van der Waals surface area contributed by atoms with Gasteiger partial charge in [-0.3, -0.25) is 10.1 Å². The van der Waals surface area contributed by atoms with Gasteiger partial charge in [0.25, 0.3) is 0 Å². The molecule has 2 heterocycles. The SMILES string of the molecule is O=C(O)CNC(CO)(CO)CO.[NH-]Nc1ccccn1.[Tc].c1c[nH]cn1. The summed E-state index contributed by atoms with van der Waals surface area (Å²) in [4.78, 5) is 20.3. The topological polar surface area (TPSA) is 187 Å². The molecule has 0 aromatic carbocycles. The van der Waals surface area contributed by atoms with Crippen LogP contribution in [0, 0.1) is 0 Å². The number of carboxylic acids is 1. The van der Waals surface area contributed by atoms with E-state index in [0.29, 0.717) is 5.82 Å². The van der Waals surface area contributed by atoms with Gasteiger partial charge in [-0.1, -0.05) is 6.07 Å². The molecule has 0 atom stereocenters. The first kappa shape index (κ1) is 26.3. The molecule has 26 heavy (non-hydrogen) atoms. The Kier molecular flexibility index (Phi) is 16.7. The van der Waals surface area contributed by atoms with Crippen LogP contribution in [0.4, 0.5) is 5.82 Å². The van der Waals surface area contributed by atoms with Crippen LogP contribution in [-0.4, -0.2) is 73.3 Å². The normalized spacial score (nSPS) is 9.54. The molecule has 0 unspecified atom stereocenters. The summed E-state index contributed by atoms with van der Waals surface area (Å²) in [6, 6.07) is 5.36. The number of rotatable bonds is 7. The Bertz CT molecular complexity index is 517. The number of imidazole rings is 1. The van der Waals surface area contributed by atoms with Crippen molar-refractivity contribution in [2.75, 3.05) is 31.8 Å². The number of anilines is 1. The van der Waals surface area contributed by atoms with Gasteiger partial charge in [-0.15, -0.1) is 0 Å². The third-order valence-corrected chi connectivity index (χ3v) is 2.72. The molecule has 11 nitrogen and oxygen atoms in total. The fraction of sp³-hybridized carbons (Fsp3) is 0.357. The van der Waals surface area contributed by atoms with E-state index < -0.39 is 37.9 Å². The van der Waals surface area contributed by atoms with Gasteiger partial charge in [0.05, 0.1) is 38.2 Å². The molecule has 0 aliphatic rings. The maximum atomic E-state index is 10.1. The second-order valence-electron chi connectivity index (χ2n) is 4.60. The van der Waals surface area contributed by atoms with Crippen LogP contribution < -0.4 is 10.7 Å². The molecule has 2 aromatic rings. The van der Waals surface area contributed by atoms with Crippen molar-refractivity contribution in [1.82, 2.24) is 20.3 Å². The first-order chi connectivity index (χ1) is 12.0. The van der Waals surface area contributed by atoms with Crippen LogP contribution in [-0.2, 0) is 24.9 Å². The minimum absolute atomic E-state index is 0. The molecular formula is C14H23N6O5Tc-. The van der Waals surface area contributed by atoms with Gasteiger partial charge in [0.15, 0.2) is 0 Å². The van der Waals surface area contributed by atoms with Crippen LogP contribution in [0.25, 0.3) is 5.84 Å². The minimum atomic E-state index is -1.31. The van der Waals surface area contributed by atoms with Crippen LogP contribution in [0.2, 0.25) is 0 Å². The quantitative estimate of drug-likeness (QED) is 0.265. The predicted molar refractivity (Wildman–Crippen MR) is 90.4 cm³/mol. The number of aromatic amines is 1. The number of aromatic nitrogens is 3. The number of carboxylic acid groups (broad SMARTS) is 1. The largest absolute Gasteiger partial charge is 0.585 e. The van der Waals surface area contributed by atoms with Crippen molar-refractivity contribution >= 4 is 11.8 Å². The number of aliphatic hydroxyl groups excluding tert-OH is 3. The molecule has 0 fully saturated rings. The van der Waals surface area contributed by atoms with Crippen molar-refractivity contribution in [3.63, 3.8) is 0 Å². The number of aliphatic hydroxyl groups is 3. The van der Waals surface area contributed by atoms with Crippen molar-refractivity contribution in [1.29, 1.82) is 0 Å². The zero-order valence-corrected chi connectivity index (χ0v) is 15.7. The van der Waals surface area contributed by atoms with E-state index in [1.165, 1.54) is 0 Å². The molecule has 0 aliphatic heterocycles. The van der Waals surface area contributed by atoms with E-state index in [0.717, 1.165) is 0 Å². The fourth-order valence-electron chi connectivity index (χ4n) is 1.23. The van der Waals surface area contributed by atoms with Crippen molar-refractivity contribution in [2.45, 2.75) is 5.54 Å². The zero-order valence-electron chi connectivity index (χ0n) is 13.8. The molecule has 0 bridgehead atoms. The maximum absolute atomic E-state index is 10.1. The van der Waals surface area contributed by atoms with Gasteiger partial charge in [-0.25, -0.2) is 9.97 Å². The molecule has 12 heteroatoms. The molecular weight excluding hydrogens is 430 g/mol. The molecule has 0 saturated heterocycles. The number of pyridine rings is 1. The van der Waals surface area contributed by atoms with Crippen LogP contribution in [0.3, 0.4) is 0 Å². The van der Waals surface area contributed by atoms with Gasteiger partial charge in [0.2, 0.25) is 0 Å². The smallest absolute Gasteiger partial charge is 0.317 e. The summed E-state index contributed by atoms with van der Waals surface area (Å²) in [7, 11) is 0. The zero-order chi connectivity index (χ0) is 19.0. The maximum Gasteiger partial charge on any atom is 0.317 e. The predicted octanol–water partition coefficient (Wildman–Crippen LogP) is -0.756. The van der Waals surface area contributed by atoms with Gasteiger partial charge in [0, 0.05) is 38.7 Å². The third kappa shape index (κ3) is 12.4. The van der Waals surface area contributed by atoms with Gasteiger partial charge in [0.1, 0.15) is 5.82 Å². The van der Waals surface area contributed by atoms with Crippen LogP contribution in [0.5, 0.6) is 0 Å². The summed E-state index contributed by atoms with van der Waals surface area (Å²) in [6.45, 7) is -1.98. The average molecular weight is 453 g/mol. The molecule has 2 aromatic heterocycles. The summed E-state index contributed by atoms with van der Waals surface area (Å²) in [6.07, 6.45) is 6.72. The monoisotopic (exact) mass is 452 g/mol. The number of aliphatic carboxylic acids is 1. The van der Waals surface area contributed by atoms with E-state index in [2.05, 4.69) is 25.7 Å². The standard InChI is InChI=1S/C6H13NO5.C5H6N3.C3H4N2.Tc/c8-2-6(3-9,4-10)7-1-5(11)12;6-8-5-3-1-2-4-7-5;1-2-5-3-4-1;/h7-10H,1-4H2,(H,11,12);1-4,6H,(H,7,8);1-3H,(H,4,5);/q;-1;;. The van der Waals surface area contributed by atoms with Crippen LogP contribution in [0.15, 0.2) is 43.1 Å².